The Hall–Kier alpha value is -2.67. The van der Waals surface area contributed by atoms with Gasteiger partial charge in [-0.15, -0.1) is 0 Å². The van der Waals surface area contributed by atoms with E-state index in [1.807, 2.05) is 12.1 Å². The second-order valence-corrected chi connectivity index (χ2v) is 6.54. The maximum atomic E-state index is 13.6. The van der Waals surface area contributed by atoms with Crippen molar-refractivity contribution in [2.75, 3.05) is 0 Å². The van der Waals surface area contributed by atoms with Crippen LogP contribution in [-0.4, -0.2) is 0 Å². The molecule has 132 valence electrons. The number of hydrogen-bond donors (Lipinski definition) is 0. The number of unbranched alkanes of at least 4 members (excludes halogenated alkanes) is 3. The predicted octanol–water partition coefficient (Wildman–Crippen LogP) is 7.06. The number of halogens is 1. The minimum absolute atomic E-state index is 0.0807. The Morgan fingerprint density at radius 3 is 1.85 bits per heavy atom. The standard InChI is InChI=1S/C25H25F/c26-25-20-12-11-18-23(25)17-5-1-2-10-19-24(21-13-6-3-7-14-21)22-15-8-4-9-16-22/h3-4,6-9,11-16,18-20H,1-2,5,10,17H2. The van der Waals surface area contributed by atoms with Crippen molar-refractivity contribution < 1.29 is 4.39 Å². The molecule has 0 aliphatic heterocycles. The van der Waals surface area contributed by atoms with Crippen molar-refractivity contribution in [2.45, 2.75) is 32.1 Å². The van der Waals surface area contributed by atoms with Crippen LogP contribution in [0, 0.1) is 5.82 Å². The van der Waals surface area contributed by atoms with Gasteiger partial charge in [0.25, 0.3) is 0 Å². The van der Waals surface area contributed by atoms with Gasteiger partial charge in [0.15, 0.2) is 0 Å². The molecule has 0 nitrogen and oxygen atoms in total. The van der Waals surface area contributed by atoms with Crippen LogP contribution in [0.5, 0.6) is 0 Å². The SMILES string of the molecule is Fc1ccccc1CCCCCC=C(c1ccccc1)c1ccccc1. The molecule has 3 rings (SSSR count). The second kappa shape index (κ2) is 9.72. The fourth-order valence-corrected chi connectivity index (χ4v) is 3.22. The van der Waals surface area contributed by atoms with Gasteiger partial charge in [-0.1, -0.05) is 91.4 Å². The lowest BCUT2D eigenvalue weighted by Gasteiger charge is -2.09. The van der Waals surface area contributed by atoms with Crippen LogP contribution >= 0.6 is 0 Å². The van der Waals surface area contributed by atoms with Crippen molar-refractivity contribution in [3.05, 3.63) is 114 Å². The zero-order valence-corrected chi connectivity index (χ0v) is 15.1. The molecular weight excluding hydrogens is 319 g/mol. The van der Waals surface area contributed by atoms with E-state index in [2.05, 4.69) is 66.7 Å². The van der Waals surface area contributed by atoms with Crippen LogP contribution < -0.4 is 0 Å². The number of benzene rings is 3. The molecule has 0 fully saturated rings. The van der Waals surface area contributed by atoms with E-state index in [0.29, 0.717) is 0 Å². The van der Waals surface area contributed by atoms with E-state index in [-0.39, 0.29) is 5.82 Å². The lowest BCUT2D eigenvalue weighted by molar-refractivity contribution is 0.596. The second-order valence-electron chi connectivity index (χ2n) is 6.54. The predicted molar refractivity (Wildman–Crippen MR) is 109 cm³/mol. The number of aryl methyl sites for hydroxylation is 1. The number of rotatable bonds is 8. The summed E-state index contributed by atoms with van der Waals surface area (Å²) in [5.41, 5.74) is 4.63. The van der Waals surface area contributed by atoms with E-state index in [1.54, 1.807) is 12.1 Å². The highest BCUT2D eigenvalue weighted by Gasteiger charge is 2.04. The fourth-order valence-electron chi connectivity index (χ4n) is 3.22. The smallest absolute Gasteiger partial charge is 0.126 e. The minimum atomic E-state index is -0.0807. The van der Waals surface area contributed by atoms with Gasteiger partial charge in [-0.3, -0.25) is 0 Å². The summed E-state index contributed by atoms with van der Waals surface area (Å²) < 4.78 is 13.6. The molecule has 0 aliphatic rings. The van der Waals surface area contributed by atoms with Gasteiger partial charge in [0.05, 0.1) is 0 Å². The van der Waals surface area contributed by atoms with E-state index in [1.165, 1.54) is 16.7 Å². The molecule has 0 radical (unpaired) electrons. The first-order valence-electron chi connectivity index (χ1n) is 9.39. The van der Waals surface area contributed by atoms with E-state index in [0.717, 1.165) is 37.7 Å². The molecule has 26 heavy (non-hydrogen) atoms. The van der Waals surface area contributed by atoms with Crippen LogP contribution in [0.4, 0.5) is 4.39 Å². The molecule has 0 amide bonds. The highest BCUT2D eigenvalue weighted by Crippen LogP contribution is 2.24. The molecule has 1 heteroatoms. The zero-order chi connectivity index (χ0) is 18.0. The van der Waals surface area contributed by atoms with Crippen LogP contribution in [-0.2, 0) is 6.42 Å². The Morgan fingerprint density at radius 1 is 0.654 bits per heavy atom. The van der Waals surface area contributed by atoms with Gasteiger partial charge < -0.3 is 0 Å². The van der Waals surface area contributed by atoms with Crippen LogP contribution in [0.2, 0.25) is 0 Å². The summed E-state index contributed by atoms with van der Waals surface area (Å²) >= 11 is 0. The van der Waals surface area contributed by atoms with E-state index in [4.69, 9.17) is 0 Å². The summed E-state index contributed by atoms with van der Waals surface area (Å²) in [6.07, 6.45) is 7.46. The first-order valence-corrected chi connectivity index (χ1v) is 9.39. The third-order valence-electron chi connectivity index (χ3n) is 4.63. The highest BCUT2D eigenvalue weighted by atomic mass is 19.1. The molecule has 0 bridgehead atoms. The van der Waals surface area contributed by atoms with Crippen LogP contribution in [0.3, 0.4) is 0 Å². The average Bonchev–Trinajstić information content (AvgIpc) is 2.70. The number of hydrogen-bond acceptors (Lipinski definition) is 0. The molecule has 0 spiro atoms. The van der Waals surface area contributed by atoms with Crippen molar-refractivity contribution in [2.24, 2.45) is 0 Å². The van der Waals surface area contributed by atoms with E-state index >= 15 is 0 Å². The monoisotopic (exact) mass is 344 g/mol. The molecule has 0 N–H and O–H groups in total. The van der Waals surface area contributed by atoms with Crippen LogP contribution in [0.15, 0.2) is 91.0 Å². The van der Waals surface area contributed by atoms with E-state index < -0.39 is 0 Å². The van der Waals surface area contributed by atoms with Crippen molar-refractivity contribution in [3.8, 4) is 0 Å². The van der Waals surface area contributed by atoms with Gasteiger partial charge in [0, 0.05) is 0 Å². The first-order chi connectivity index (χ1) is 12.8. The molecule has 0 atom stereocenters. The topological polar surface area (TPSA) is 0 Å². The van der Waals surface area contributed by atoms with E-state index in [9.17, 15) is 4.39 Å². The van der Waals surface area contributed by atoms with Gasteiger partial charge in [-0.2, -0.15) is 0 Å². The lowest BCUT2D eigenvalue weighted by Crippen LogP contribution is -1.91. The molecule has 0 aliphatic carbocycles. The van der Waals surface area contributed by atoms with Crippen LogP contribution in [0.25, 0.3) is 5.57 Å². The minimum Gasteiger partial charge on any atom is -0.207 e. The Morgan fingerprint density at radius 2 is 1.23 bits per heavy atom. The maximum Gasteiger partial charge on any atom is 0.126 e. The normalized spacial score (nSPS) is 10.5. The summed E-state index contributed by atoms with van der Waals surface area (Å²) in [6, 6.07) is 28.2. The highest BCUT2D eigenvalue weighted by molar-refractivity contribution is 5.79. The summed E-state index contributed by atoms with van der Waals surface area (Å²) in [6.45, 7) is 0. The third kappa shape index (κ3) is 5.16. The van der Waals surface area contributed by atoms with Gasteiger partial charge in [-0.05, 0) is 54.0 Å². The Labute approximate surface area is 156 Å². The number of allylic oxidation sites excluding steroid dienone is 1. The van der Waals surface area contributed by atoms with Gasteiger partial charge in [0.2, 0.25) is 0 Å². The zero-order valence-electron chi connectivity index (χ0n) is 15.1. The van der Waals surface area contributed by atoms with Crippen molar-refractivity contribution >= 4 is 5.57 Å². The summed E-state index contributed by atoms with van der Waals surface area (Å²) in [7, 11) is 0. The van der Waals surface area contributed by atoms with Crippen molar-refractivity contribution in [1.82, 2.24) is 0 Å². The van der Waals surface area contributed by atoms with Crippen molar-refractivity contribution in [3.63, 3.8) is 0 Å². The molecule has 0 saturated carbocycles. The molecule has 0 aromatic heterocycles. The van der Waals surface area contributed by atoms with Gasteiger partial charge >= 0.3 is 0 Å². The van der Waals surface area contributed by atoms with Gasteiger partial charge in [-0.25, -0.2) is 4.39 Å². The Balaban J connectivity index is 1.57. The van der Waals surface area contributed by atoms with Gasteiger partial charge in [0.1, 0.15) is 5.82 Å². The quantitative estimate of drug-likeness (QED) is 0.384. The molecule has 0 saturated heterocycles. The molecule has 0 heterocycles. The first kappa shape index (κ1) is 18.1. The Bertz CT molecular complexity index is 778. The van der Waals surface area contributed by atoms with Crippen LogP contribution in [0.1, 0.15) is 42.4 Å². The average molecular weight is 344 g/mol. The van der Waals surface area contributed by atoms with Crippen molar-refractivity contribution in [1.29, 1.82) is 0 Å². The lowest BCUT2D eigenvalue weighted by atomic mass is 9.96. The maximum absolute atomic E-state index is 13.6. The summed E-state index contributed by atoms with van der Waals surface area (Å²) in [4.78, 5) is 0. The Kier molecular flexibility index (Phi) is 6.78. The fraction of sp³-hybridized carbons (Fsp3) is 0.200. The molecule has 0 unspecified atom stereocenters. The molecule has 3 aromatic rings. The summed E-state index contributed by atoms with van der Waals surface area (Å²) in [5.74, 6) is -0.0807. The summed E-state index contributed by atoms with van der Waals surface area (Å²) in [5, 5.41) is 0. The molecule has 3 aromatic carbocycles. The largest absolute Gasteiger partial charge is 0.207 e. The molecular formula is C25H25F. The third-order valence-corrected chi connectivity index (χ3v) is 4.63.